The van der Waals surface area contributed by atoms with Crippen LogP contribution in [-0.2, 0) is 0 Å². The van der Waals surface area contributed by atoms with Crippen LogP contribution in [0.1, 0.15) is 0 Å². The van der Waals surface area contributed by atoms with Crippen molar-refractivity contribution in [3.8, 4) is 17.2 Å². The van der Waals surface area contributed by atoms with Gasteiger partial charge < -0.3 is 8.82 Å². The number of benzene rings is 9. The van der Waals surface area contributed by atoms with E-state index < -0.39 is 0 Å². The maximum atomic E-state index is 6.99. The highest BCUT2D eigenvalue weighted by molar-refractivity contribution is 6.36. The molecule has 0 radical (unpaired) electrons. The molecule has 262 valence electrons. The van der Waals surface area contributed by atoms with E-state index in [0.717, 1.165) is 82.2 Å². The summed E-state index contributed by atoms with van der Waals surface area (Å²) in [7, 11) is 0. The van der Waals surface area contributed by atoms with E-state index in [1.807, 2.05) is 0 Å². The number of nitrogens with zero attached hydrogens (tertiary/aromatic N) is 4. The SMILES string of the molecule is c1ccc(-c2nc(-n3c4cccc5c6cccc7c8ccc9ccccc9c8n(c8cc9c%10ccccc%10oc9c3c8c54)c67)nc3c2ccc2ccccc23)cc1. The molecular formula is C52H28N4O. The first kappa shape index (κ1) is 29.6. The number of para-hydroxylation sites is 2. The molecule has 14 rings (SSSR count). The van der Waals surface area contributed by atoms with Gasteiger partial charge >= 0.3 is 0 Å². The first-order chi connectivity index (χ1) is 28.3. The fourth-order valence-electron chi connectivity index (χ4n) is 10.1. The Morgan fingerprint density at radius 1 is 0.404 bits per heavy atom. The molecule has 0 aliphatic heterocycles. The Kier molecular flexibility index (Phi) is 5.45. The lowest BCUT2D eigenvalue weighted by molar-refractivity contribution is 0.671. The van der Waals surface area contributed by atoms with Crippen molar-refractivity contribution in [3.05, 3.63) is 170 Å². The average Bonchev–Trinajstić information content (AvgIpc) is 3.91. The van der Waals surface area contributed by atoms with E-state index >= 15 is 0 Å². The van der Waals surface area contributed by atoms with Gasteiger partial charge in [0.25, 0.3) is 0 Å². The first-order valence-electron chi connectivity index (χ1n) is 19.4. The third-order valence-corrected chi connectivity index (χ3v) is 12.4. The molecule has 57 heavy (non-hydrogen) atoms. The smallest absolute Gasteiger partial charge is 0.235 e. The number of hydrogen-bond acceptors (Lipinski definition) is 3. The van der Waals surface area contributed by atoms with E-state index in [1.54, 1.807) is 0 Å². The zero-order valence-electron chi connectivity index (χ0n) is 30.4. The van der Waals surface area contributed by atoms with E-state index in [-0.39, 0.29) is 0 Å². The first-order valence-corrected chi connectivity index (χ1v) is 19.4. The quantitative estimate of drug-likeness (QED) is 0.167. The van der Waals surface area contributed by atoms with Gasteiger partial charge in [0.05, 0.1) is 33.3 Å². The minimum absolute atomic E-state index is 0.607. The molecule has 0 unspecified atom stereocenters. The van der Waals surface area contributed by atoms with E-state index in [1.165, 1.54) is 43.4 Å². The van der Waals surface area contributed by atoms with Crippen molar-refractivity contribution in [3.63, 3.8) is 0 Å². The molecule has 0 N–H and O–H groups in total. The van der Waals surface area contributed by atoms with Crippen LogP contribution in [-0.4, -0.2) is 18.9 Å². The second kappa shape index (κ2) is 10.5. The van der Waals surface area contributed by atoms with Gasteiger partial charge in [0.15, 0.2) is 5.58 Å². The monoisotopic (exact) mass is 724 g/mol. The summed E-state index contributed by atoms with van der Waals surface area (Å²) in [5.41, 5.74) is 10.1. The van der Waals surface area contributed by atoms with Gasteiger partial charge in [-0.3, -0.25) is 4.57 Å². The van der Waals surface area contributed by atoms with Crippen molar-refractivity contribution in [1.29, 1.82) is 0 Å². The highest BCUT2D eigenvalue weighted by atomic mass is 16.3. The van der Waals surface area contributed by atoms with Crippen molar-refractivity contribution >= 4 is 114 Å². The van der Waals surface area contributed by atoms with Gasteiger partial charge in [-0.25, -0.2) is 9.97 Å². The molecule has 5 aromatic heterocycles. The topological polar surface area (TPSA) is 48.3 Å². The minimum Gasteiger partial charge on any atom is -0.454 e. The fourth-order valence-corrected chi connectivity index (χ4v) is 10.1. The summed E-state index contributed by atoms with van der Waals surface area (Å²) in [6, 6.07) is 60.9. The summed E-state index contributed by atoms with van der Waals surface area (Å²) in [5, 5.41) is 15.0. The van der Waals surface area contributed by atoms with E-state index in [4.69, 9.17) is 14.4 Å². The zero-order chi connectivity index (χ0) is 36.9. The molecule has 0 fully saturated rings. The summed E-state index contributed by atoms with van der Waals surface area (Å²) in [6.07, 6.45) is 0. The Hall–Kier alpha value is -7.76. The molecule has 0 aliphatic carbocycles. The molecule has 5 nitrogen and oxygen atoms in total. The molecule has 0 bridgehead atoms. The lowest BCUT2D eigenvalue weighted by atomic mass is 10.0. The molecular weight excluding hydrogens is 697 g/mol. The summed E-state index contributed by atoms with van der Waals surface area (Å²) < 4.78 is 11.8. The molecule has 0 aliphatic rings. The van der Waals surface area contributed by atoms with Gasteiger partial charge in [0.2, 0.25) is 5.95 Å². The van der Waals surface area contributed by atoms with Crippen LogP contribution in [0.5, 0.6) is 0 Å². The normalized spacial score (nSPS) is 12.6. The summed E-state index contributed by atoms with van der Waals surface area (Å²) in [4.78, 5) is 11.1. The predicted octanol–water partition coefficient (Wildman–Crippen LogP) is 13.7. The van der Waals surface area contributed by atoms with Crippen molar-refractivity contribution in [1.82, 2.24) is 18.9 Å². The highest BCUT2D eigenvalue weighted by Gasteiger charge is 2.28. The van der Waals surface area contributed by atoms with Crippen LogP contribution < -0.4 is 0 Å². The van der Waals surface area contributed by atoms with Gasteiger partial charge in [-0.05, 0) is 40.4 Å². The van der Waals surface area contributed by atoms with Gasteiger partial charge in [0, 0.05) is 59.4 Å². The second-order valence-electron chi connectivity index (χ2n) is 15.3. The summed E-state index contributed by atoms with van der Waals surface area (Å²) >= 11 is 0. The number of furan rings is 1. The van der Waals surface area contributed by atoms with Crippen molar-refractivity contribution in [2.24, 2.45) is 0 Å². The molecule has 14 aromatic rings. The molecule has 0 spiro atoms. The van der Waals surface area contributed by atoms with Crippen LogP contribution in [0.4, 0.5) is 0 Å². The van der Waals surface area contributed by atoms with E-state index in [2.05, 4.69) is 179 Å². The van der Waals surface area contributed by atoms with E-state index in [0.29, 0.717) is 5.95 Å². The average molecular weight is 725 g/mol. The number of rotatable bonds is 2. The van der Waals surface area contributed by atoms with Gasteiger partial charge in [-0.2, -0.15) is 0 Å². The summed E-state index contributed by atoms with van der Waals surface area (Å²) in [6.45, 7) is 0. The lowest BCUT2D eigenvalue weighted by Gasteiger charge is -2.13. The van der Waals surface area contributed by atoms with Crippen LogP contribution >= 0.6 is 0 Å². The predicted molar refractivity (Wildman–Crippen MR) is 236 cm³/mol. The van der Waals surface area contributed by atoms with Crippen molar-refractivity contribution < 1.29 is 4.42 Å². The Bertz CT molecular complexity index is 4040. The molecule has 5 heteroatoms. The maximum absolute atomic E-state index is 6.99. The minimum atomic E-state index is 0.607. The molecule has 0 saturated heterocycles. The third kappa shape index (κ3) is 3.69. The van der Waals surface area contributed by atoms with Crippen LogP contribution in [0, 0.1) is 0 Å². The Balaban J connectivity index is 1.30. The highest BCUT2D eigenvalue weighted by Crippen LogP contribution is 2.48. The number of aromatic nitrogens is 4. The standard InChI is InChI=1S/C52H28N4O/c1-2-14-31(15-3-1)46-39-27-25-29-12-4-6-16-32(29)47(39)54-52(53-46)56-41-22-11-19-35-36-20-10-21-37-38-26-24-30-13-5-7-17-33(30)48(38)55(49(36)37)42-28-40-34-18-8-9-23-43(34)57-51(40)50(56)45(42)44(35)41/h1-28H. The van der Waals surface area contributed by atoms with Crippen LogP contribution in [0.15, 0.2) is 174 Å². The summed E-state index contributed by atoms with van der Waals surface area (Å²) in [5.74, 6) is 0.607. The Labute approximate surface area is 323 Å². The Morgan fingerprint density at radius 3 is 1.89 bits per heavy atom. The van der Waals surface area contributed by atoms with Crippen molar-refractivity contribution in [2.45, 2.75) is 0 Å². The molecule has 0 atom stereocenters. The fraction of sp³-hybridized carbons (Fsp3) is 0. The van der Waals surface area contributed by atoms with Crippen LogP contribution in [0.3, 0.4) is 0 Å². The molecule has 0 saturated carbocycles. The second-order valence-corrected chi connectivity index (χ2v) is 15.3. The van der Waals surface area contributed by atoms with Gasteiger partial charge in [0.1, 0.15) is 11.1 Å². The van der Waals surface area contributed by atoms with Gasteiger partial charge in [-0.1, -0.05) is 146 Å². The number of fused-ring (bicyclic) bond motifs is 14. The van der Waals surface area contributed by atoms with Crippen molar-refractivity contribution in [2.75, 3.05) is 0 Å². The van der Waals surface area contributed by atoms with E-state index in [9.17, 15) is 0 Å². The van der Waals surface area contributed by atoms with Crippen LogP contribution in [0.25, 0.3) is 131 Å². The zero-order valence-corrected chi connectivity index (χ0v) is 30.4. The lowest BCUT2D eigenvalue weighted by Crippen LogP contribution is -2.04. The molecule has 9 aromatic carbocycles. The van der Waals surface area contributed by atoms with Gasteiger partial charge in [-0.15, -0.1) is 0 Å². The molecule has 5 heterocycles. The maximum Gasteiger partial charge on any atom is 0.235 e. The largest absolute Gasteiger partial charge is 0.454 e. The Morgan fingerprint density at radius 2 is 1.04 bits per heavy atom. The number of hydrogen-bond donors (Lipinski definition) is 0. The molecule has 0 amide bonds. The third-order valence-electron chi connectivity index (χ3n) is 12.4. The van der Waals surface area contributed by atoms with Crippen LogP contribution in [0.2, 0.25) is 0 Å².